The van der Waals surface area contributed by atoms with Crippen molar-refractivity contribution < 1.29 is 19.4 Å². The van der Waals surface area contributed by atoms with Gasteiger partial charge < -0.3 is 19.6 Å². The Morgan fingerprint density at radius 3 is 2.36 bits per heavy atom. The lowest BCUT2D eigenvalue weighted by Gasteiger charge is -2.26. The number of aliphatic hydroxyl groups excluding tert-OH is 1. The highest BCUT2D eigenvalue weighted by atomic mass is 79.9. The van der Waals surface area contributed by atoms with E-state index < -0.39 is 17.7 Å². The van der Waals surface area contributed by atoms with Crippen LogP contribution >= 0.6 is 15.9 Å². The van der Waals surface area contributed by atoms with E-state index in [0.29, 0.717) is 31.0 Å². The van der Waals surface area contributed by atoms with Crippen molar-refractivity contribution in [2.24, 2.45) is 0 Å². The third kappa shape index (κ3) is 5.69. The average Bonchev–Trinajstić information content (AvgIpc) is 3.11. The van der Waals surface area contributed by atoms with Gasteiger partial charge in [-0.05, 0) is 68.5 Å². The number of rotatable bonds is 8. The van der Waals surface area contributed by atoms with E-state index in [0.717, 1.165) is 15.6 Å². The van der Waals surface area contributed by atoms with E-state index in [1.54, 1.807) is 24.3 Å². The molecular weight excluding hydrogens is 520 g/mol. The molecule has 0 bridgehead atoms. The van der Waals surface area contributed by atoms with Crippen molar-refractivity contribution in [1.82, 2.24) is 9.80 Å². The minimum Gasteiger partial charge on any atom is -0.507 e. The number of carbonyl (C=O) groups is 2. The third-order valence-corrected chi connectivity index (χ3v) is 6.66. The van der Waals surface area contributed by atoms with Crippen molar-refractivity contribution in [2.45, 2.75) is 19.6 Å². The number of amides is 1. The maximum absolute atomic E-state index is 13.1. The summed E-state index contributed by atoms with van der Waals surface area (Å²) in [5.74, 6) is -0.841. The van der Waals surface area contributed by atoms with Crippen molar-refractivity contribution in [2.75, 3.05) is 27.2 Å². The molecule has 1 heterocycles. The highest BCUT2D eigenvalue weighted by molar-refractivity contribution is 9.10. The Morgan fingerprint density at radius 2 is 1.72 bits per heavy atom. The molecule has 6 nitrogen and oxygen atoms in total. The molecule has 1 amide bonds. The molecule has 7 heteroatoms. The number of Topliss-reactive ketones (excluding diaryl/α,β-unsaturated/α-hetero) is 1. The number of halogens is 1. The van der Waals surface area contributed by atoms with Gasteiger partial charge in [0.25, 0.3) is 11.7 Å². The molecule has 4 rings (SSSR count). The number of hydrogen-bond acceptors (Lipinski definition) is 5. The van der Waals surface area contributed by atoms with Crippen LogP contribution in [-0.2, 0) is 16.2 Å². The van der Waals surface area contributed by atoms with Crippen LogP contribution in [0.2, 0.25) is 0 Å². The fourth-order valence-corrected chi connectivity index (χ4v) is 4.51. The van der Waals surface area contributed by atoms with E-state index in [9.17, 15) is 14.7 Å². The maximum Gasteiger partial charge on any atom is 0.295 e. The van der Waals surface area contributed by atoms with Gasteiger partial charge in [-0.15, -0.1) is 0 Å². The van der Waals surface area contributed by atoms with E-state index in [1.807, 2.05) is 68.4 Å². The van der Waals surface area contributed by atoms with E-state index in [4.69, 9.17) is 4.74 Å². The molecule has 1 N–H and O–H groups in total. The van der Waals surface area contributed by atoms with Gasteiger partial charge in [0.1, 0.15) is 18.1 Å². The number of likely N-dealkylation sites (N-methyl/N-ethyl adjacent to an activating group) is 1. The molecule has 36 heavy (non-hydrogen) atoms. The second-order valence-electron chi connectivity index (χ2n) is 9.15. The van der Waals surface area contributed by atoms with Gasteiger partial charge in [-0.1, -0.05) is 57.9 Å². The Morgan fingerprint density at radius 1 is 1.03 bits per heavy atom. The van der Waals surface area contributed by atoms with Crippen LogP contribution in [0.25, 0.3) is 5.76 Å². The van der Waals surface area contributed by atoms with Gasteiger partial charge in [-0.2, -0.15) is 0 Å². The normalized spacial score (nSPS) is 17.1. The molecule has 0 aromatic heterocycles. The highest BCUT2D eigenvalue weighted by Crippen LogP contribution is 2.39. The highest BCUT2D eigenvalue weighted by Gasteiger charge is 2.45. The number of ketones is 1. The fraction of sp³-hybridized carbons (Fsp3) is 0.241. The SMILES string of the molecule is Cc1cccc(COc2ccc(C(O)=C3C(=O)C(=O)N(CCN(C)C)C3c3ccc(Br)cc3)cc2)c1. The molecule has 1 atom stereocenters. The van der Waals surface area contributed by atoms with Crippen molar-refractivity contribution in [3.63, 3.8) is 0 Å². The minimum atomic E-state index is -0.682. The molecule has 1 saturated heterocycles. The predicted molar refractivity (Wildman–Crippen MR) is 144 cm³/mol. The Kier molecular flexibility index (Phi) is 7.91. The van der Waals surface area contributed by atoms with Crippen LogP contribution in [-0.4, -0.2) is 53.8 Å². The molecule has 0 spiro atoms. The topological polar surface area (TPSA) is 70.1 Å². The van der Waals surface area contributed by atoms with E-state index >= 15 is 0 Å². The standard InChI is InChI=1S/C29H29BrN2O4/c1-19-5-4-6-20(17-19)18-36-24-13-9-22(10-14-24)27(33)25-26(21-7-11-23(30)12-8-21)32(16-15-31(2)3)29(35)28(25)34/h4-14,17,26,33H,15-16,18H2,1-3H3. The number of aliphatic hydroxyl groups is 1. The van der Waals surface area contributed by atoms with E-state index in [1.165, 1.54) is 10.5 Å². The lowest BCUT2D eigenvalue weighted by molar-refractivity contribution is -0.140. The van der Waals surface area contributed by atoms with Crippen molar-refractivity contribution in [3.8, 4) is 5.75 Å². The Balaban J connectivity index is 1.64. The smallest absolute Gasteiger partial charge is 0.295 e. The van der Waals surface area contributed by atoms with Gasteiger partial charge in [0.05, 0.1) is 11.6 Å². The monoisotopic (exact) mass is 548 g/mol. The fourth-order valence-electron chi connectivity index (χ4n) is 4.24. The number of benzene rings is 3. The molecule has 1 aliphatic rings. The zero-order valence-corrected chi connectivity index (χ0v) is 22.2. The van der Waals surface area contributed by atoms with Gasteiger partial charge >= 0.3 is 0 Å². The number of hydrogen-bond donors (Lipinski definition) is 1. The summed E-state index contributed by atoms with van der Waals surface area (Å²) in [5, 5.41) is 11.2. The molecule has 1 aliphatic heterocycles. The minimum absolute atomic E-state index is 0.0921. The number of ether oxygens (including phenoxy) is 1. The zero-order valence-electron chi connectivity index (χ0n) is 20.6. The van der Waals surface area contributed by atoms with Crippen molar-refractivity contribution in [3.05, 3.63) is 105 Å². The first-order valence-corrected chi connectivity index (χ1v) is 12.5. The first-order valence-electron chi connectivity index (χ1n) is 11.7. The summed E-state index contributed by atoms with van der Waals surface area (Å²) < 4.78 is 6.77. The second-order valence-corrected chi connectivity index (χ2v) is 10.1. The summed E-state index contributed by atoms with van der Waals surface area (Å²) in [6.45, 7) is 3.41. The summed E-state index contributed by atoms with van der Waals surface area (Å²) in [6.07, 6.45) is 0. The number of likely N-dealkylation sites (tertiary alicyclic amines) is 1. The van der Waals surface area contributed by atoms with E-state index in [2.05, 4.69) is 22.0 Å². The molecule has 1 unspecified atom stereocenters. The van der Waals surface area contributed by atoms with E-state index in [-0.39, 0.29) is 11.3 Å². The summed E-state index contributed by atoms with van der Waals surface area (Å²) in [6, 6.07) is 21.8. The largest absolute Gasteiger partial charge is 0.507 e. The second kappa shape index (κ2) is 11.1. The third-order valence-electron chi connectivity index (χ3n) is 6.13. The van der Waals surface area contributed by atoms with Crippen LogP contribution in [0.5, 0.6) is 5.75 Å². The van der Waals surface area contributed by atoms with Crippen LogP contribution in [0.1, 0.15) is 28.3 Å². The summed E-state index contributed by atoms with van der Waals surface area (Å²) in [4.78, 5) is 29.6. The van der Waals surface area contributed by atoms with Crippen LogP contribution in [0.15, 0.2) is 82.8 Å². The molecule has 3 aromatic rings. The lowest BCUT2D eigenvalue weighted by atomic mass is 9.95. The van der Waals surface area contributed by atoms with Gasteiger partial charge in [0, 0.05) is 23.1 Å². The number of carbonyl (C=O) groups excluding carboxylic acids is 2. The van der Waals surface area contributed by atoms with Gasteiger partial charge in [-0.3, -0.25) is 9.59 Å². The number of nitrogens with zero attached hydrogens (tertiary/aromatic N) is 2. The molecule has 186 valence electrons. The average molecular weight is 549 g/mol. The van der Waals surface area contributed by atoms with Crippen LogP contribution in [0, 0.1) is 6.92 Å². The van der Waals surface area contributed by atoms with Crippen LogP contribution < -0.4 is 4.74 Å². The predicted octanol–water partition coefficient (Wildman–Crippen LogP) is 5.32. The van der Waals surface area contributed by atoms with Crippen LogP contribution in [0.3, 0.4) is 0 Å². The molecule has 1 fully saturated rings. The zero-order chi connectivity index (χ0) is 25.8. The first-order chi connectivity index (χ1) is 17.2. The summed E-state index contributed by atoms with van der Waals surface area (Å²) in [7, 11) is 3.82. The van der Waals surface area contributed by atoms with Crippen molar-refractivity contribution in [1.29, 1.82) is 0 Å². The number of aryl methyl sites for hydroxylation is 1. The summed E-state index contributed by atoms with van der Waals surface area (Å²) in [5.41, 5.74) is 3.53. The van der Waals surface area contributed by atoms with Gasteiger partial charge in [0.15, 0.2) is 0 Å². The quantitative estimate of drug-likeness (QED) is 0.234. The Labute approximate surface area is 219 Å². The van der Waals surface area contributed by atoms with Crippen LogP contribution in [0.4, 0.5) is 0 Å². The Hall–Kier alpha value is -3.42. The lowest BCUT2D eigenvalue weighted by Crippen LogP contribution is -2.35. The molecule has 0 radical (unpaired) electrons. The molecule has 3 aromatic carbocycles. The Bertz CT molecular complexity index is 1280. The first kappa shape index (κ1) is 25.7. The molecular formula is C29H29BrN2O4. The molecule has 0 saturated carbocycles. The van der Waals surface area contributed by atoms with Gasteiger partial charge in [-0.25, -0.2) is 0 Å². The van der Waals surface area contributed by atoms with Gasteiger partial charge in [0.2, 0.25) is 0 Å². The maximum atomic E-state index is 13.1. The summed E-state index contributed by atoms with van der Waals surface area (Å²) >= 11 is 3.43. The molecule has 0 aliphatic carbocycles. The van der Waals surface area contributed by atoms with Crippen molar-refractivity contribution >= 4 is 33.4 Å².